The van der Waals surface area contributed by atoms with Gasteiger partial charge in [0.2, 0.25) is 0 Å². The molecule has 0 amide bonds. The second-order valence-corrected chi connectivity index (χ2v) is 9.00. The third-order valence-corrected chi connectivity index (χ3v) is 6.99. The molecule has 1 N–H and O–H groups in total. The molecule has 156 valence electrons. The molecular formula is C27H31NO2. The van der Waals surface area contributed by atoms with Crippen molar-refractivity contribution in [3.8, 4) is 11.5 Å². The number of rotatable bonds is 4. The second kappa shape index (κ2) is 7.96. The van der Waals surface area contributed by atoms with E-state index in [1.807, 2.05) is 0 Å². The molecule has 1 aliphatic heterocycles. The lowest BCUT2D eigenvalue weighted by Crippen LogP contribution is -2.45. The second-order valence-electron chi connectivity index (χ2n) is 9.00. The Morgan fingerprint density at radius 2 is 1.77 bits per heavy atom. The maximum absolute atomic E-state index is 6.66. The van der Waals surface area contributed by atoms with Crippen LogP contribution in [0, 0.1) is 0 Å². The Kier molecular flexibility index (Phi) is 5.16. The van der Waals surface area contributed by atoms with Crippen LogP contribution in [0.2, 0.25) is 0 Å². The van der Waals surface area contributed by atoms with E-state index in [2.05, 4.69) is 72.9 Å². The summed E-state index contributed by atoms with van der Waals surface area (Å²) in [5, 5.41) is 6.53. The molecule has 0 aromatic heterocycles. The van der Waals surface area contributed by atoms with Gasteiger partial charge in [-0.15, -0.1) is 0 Å². The minimum Gasteiger partial charge on any atom is -0.497 e. The van der Waals surface area contributed by atoms with Crippen LogP contribution in [0.3, 0.4) is 0 Å². The van der Waals surface area contributed by atoms with Gasteiger partial charge >= 0.3 is 0 Å². The summed E-state index contributed by atoms with van der Waals surface area (Å²) in [6.07, 6.45) is 7.16. The van der Waals surface area contributed by atoms with Crippen molar-refractivity contribution in [3.05, 3.63) is 71.8 Å². The minimum absolute atomic E-state index is 0.0433. The van der Waals surface area contributed by atoms with Gasteiger partial charge in [0.25, 0.3) is 0 Å². The first-order valence-electron chi connectivity index (χ1n) is 11.3. The first-order valence-corrected chi connectivity index (χ1v) is 11.3. The van der Waals surface area contributed by atoms with E-state index in [9.17, 15) is 0 Å². The Morgan fingerprint density at radius 1 is 0.967 bits per heavy atom. The van der Waals surface area contributed by atoms with Crippen LogP contribution < -0.4 is 14.8 Å². The van der Waals surface area contributed by atoms with E-state index < -0.39 is 0 Å². The van der Waals surface area contributed by atoms with Crippen LogP contribution in [0.4, 0.5) is 0 Å². The number of nitrogens with one attached hydrogen (secondary N) is 1. The number of hydrogen-bond acceptors (Lipinski definition) is 3. The maximum Gasteiger partial charge on any atom is 0.128 e. The molecule has 3 aromatic carbocycles. The molecule has 30 heavy (non-hydrogen) atoms. The van der Waals surface area contributed by atoms with Gasteiger partial charge in [-0.05, 0) is 61.1 Å². The molecular weight excluding hydrogens is 370 g/mol. The van der Waals surface area contributed by atoms with E-state index >= 15 is 0 Å². The first-order chi connectivity index (χ1) is 14.7. The molecule has 2 unspecified atom stereocenters. The summed E-state index contributed by atoms with van der Waals surface area (Å²) in [5.74, 6) is 1.86. The Hall–Kier alpha value is -2.52. The fraction of sp³-hybridized carbons (Fsp3) is 0.407. The molecule has 1 aliphatic carbocycles. The molecule has 3 aromatic rings. The third-order valence-electron chi connectivity index (χ3n) is 6.99. The van der Waals surface area contributed by atoms with Crippen molar-refractivity contribution in [1.82, 2.24) is 5.32 Å². The van der Waals surface area contributed by atoms with Gasteiger partial charge < -0.3 is 14.8 Å². The third kappa shape index (κ3) is 3.67. The minimum atomic E-state index is -0.0433. The monoisotopic (exact) mass is 401 g/mol. The summed E-state index contributed by atoms with van der Waals surface area (Å²) in [4.78, 5) is 0. The summed E-state index contributed by atoms with van der Waals surface area (Å²) in [7, 11) is 1.72. The lowest BCUT2D eigenvalue weighted by atomic mass is 9.77. The van der Waals surface area contributed by atoms with Crippen molar-refractivity contribution in [3.63, 3.8) is 0 Å². The SMILES string of the molecule is COc1ccc2c(c1)OC1(CCCCC1)CC2NC(C)c1ccc2ccccc2c1. The zero-order valence-corrected chi connectivity index (χ0v) is 18.0. The average molecular weight is 402 g/mol. The van der Waals surface area contributed by atoms with E-state index in [-0.39, 0.29) is 17.7 Å². The molecule has 2 atom stereocenters. The van der Waals surface area contributed by atoms with Gasteiger partial charge in [-0.25, -0.2) is 0 Å². The number of hydrogen-bond donors (Lipinski definition) is 1. The summed E-state index contributed by atoms with van der Waals surface area (Å²) in [6.45, 7) is 2.27. The molecule has 1 saturated carbocycles. The summed E-state index contributed by atoms with van der Waals surface area (Å²) in [5.41, 5.74) is 2.53. The van der Waals surface area contributed by atoms with Crippen LogP contribution in [0.15, 0.2) is 60.7 Å². The lowest BCUT2D eigenvalue weighted by molar-refractivity contribution is -0.00406. The van der Waals surface area contributed by atoms with E-state index in [0.29, 0.717) is 0 Å². The average Bonchev–Trinajstić information content (AvgIpc) is 2.78. The van der Waals surface area contributed by atoms with Gasteiger partial charge in [0.1, 0.15) is 17.1 Å². The fourth-order valence-electron chi connectivity index (χ4n) is 5.30. The molecule has 2 aliphatic rings. The van der Waals surface area contributed by atoms with Crippen molar-refractivity contribution >= 4 is 10.8 Å². The van der Waals surface area contributed by atoms with Gasteiger partial charge in [0.05, 0.1) is 7.11 Å². The van der Waals surface area contributed by atoms with Gasteiger partial charge in [0, 0.05) is 30.1 Å². The van der Waals surface area contributed by atoms with Crippen molar-refractivity contribution in [2.45, 2.75) is 63.1 Å². The smallest absolute Gasteiger partial charge is 0.128 e. The molecule has 1 heterocycles. The van der Waals surface area contributed by atoms with Crippen molar-refractivity contribution < 1.29 is 9.47 Å². The highest BCUT2D eigenvalue weighted by Gasteiger charge is 2.42. The molecule has 3 heteroatoms. The van der Waals surface area contributed by atoms with Crippen molar-refractivity contribution in [2.75, 3.05) is 7.11 Å². The van der Waals surface area contributed by atoms with Crippen molar-refractivity contribution in [1.29, 1.82) is 0 Å². The number of benzene rings is 3. The molecule has 0 radical (unpaired) electrons. The van der Waals surface area contributed by atoms with Gasteiger partial charge in [-0.3, -0.25) is 0 Å². The van der Waals surface area contributed by atoms with Gasteiger partial charge in [0.15, 0.2) is 0 Å². The normalized spacial score (nSPS) is 21.1. The maximum atomic E-state index is 6.66. The lowest BCUT2D eigenvalue weighted by Gasteiger charge is -2.45. The topological polar surface area (TPSA) is 30.5 Å². The quantitative estimate of drug-likeness (QED) is 0.526. The summed E-state index contributed by atoms with van der Waals surface area (Å²) < 4.78 is 12.1. The molecule has 1 spiro atoms. The van der Waals surface area contributed by atoms with Gasteiger partial charge in [-0.2, -0.15) is 0 Å². The van der Waals surface area contributed by atoms with Crippen LogP contribution >= 0.6 is 0 Å². The summed E-state index contributed by atoms with van der Waals surface area (Å²) in [6, 6.07) is 22.2. The Bertz CT molecular complexity index is 1040. The zero-order valence-electron chi connectivity index (χ0n) is 18.0. The first kappa shape index (κ1) is 19.4. The predicted molar refractivity (Wildman–Crippen MR) is 122 cm³/mol. The highest BCUT2D eigenvalue weighted by molar-refractivity contribution is 5.83. The van der Waals surface area contributed by atoms with Crippen molar-refractivity contribution in [2.24, 2.45) is 0 Å². The van der Waals surface area contributed by atoms with Crippen LogP contribution in [0.1, 0.15) is 68.7 Å². The Labute approximate surface area is 179 Å². The van der Waals surface area contributed by atoms with E-state index in [4.69, 9.17) is 9.47 Å². The predicted octanol–water partition coefficient (Wildman–Crippen LogP) is 6.73. The van der Waals surface area contributed by atoms with E-state index in [0.717, 1.165) is 30.8 Å². The molecule has 1 fully saturated rings. The van der Waals surface area contributed by atoms with E-state index in [1.165, 1.54) is 41.2 Å². The van der Waals surface area contributed by atoms with Crippen LogP contribution in [-0.2, 0) is 0 Å². The van der Waals surface area contributed by atoms with Crippen LogP contribution in [0.25, 0.3) is 10.8 Å². The highest BCUT2D eigenvalue weighted by Crippen LogP contribution is 2.47. The Morgan fingerprint density at radius 3 is 2.57 bits per heavy atom. The molecule has 5 rings (SSSR count). The number of ether oxygens (including phenoxy) is 2. The highest BCUT2D eigenvalue weighted by atomic mass is 16.5. The largest absolute Gasteiger partial charge is 0.497 e. The summed E-state index contributed by atoms with van der Waals surface area (Å²) >= 11 is 0. The molecule has 3 nitrogen and oxygen atoms in total. The van der Waals surface area contributed by atoms with Gasteiger partial charge in [-0.1, -0.05) is 48.9 Å². The Balaban J connectivity index is 1.45. The zero-order chi connectivity index (χ0) is 20.6. The van der Waals surface area contributed by atoms with Crippen LogP contribution in [0.5, 0.6) is 11.5 Å². The van der Waals surface area contributed by atoms with Crippen LogP contribution in [-0.4, -0.2) is 12.7 Å². The molecule has 0 saturated heterocycles. The standard InChI is InChI=1S/C27H31NO2/c1-19(21-11-10-20-8-4-5-9-22(20)16-21)28-25-18-27(14-6-3-7-15-27)30-26-17-23(29-2)12-13-24(25)26/h4-5,8-13,16-17,19,25,28H,3,6-7,14-15,18H2,1-2H3. The van der Waals surface area contributed by atoms with E-state index in [1.54, 1.807) is 7.11 Å². The number of fused-ring (bicyclic) bond motifs is 2. The number of methoxy groups -OCH3 is 1. The molecule has 0 bridgehead atoms. The fourth-order valence-corrected chi connectivity index (χ4v) is 5.30.